The number of ether oxygens (including phenoxy) is 3. The molecule has 1 heterocycles. The van der Waals surface area contributed by atoms with Crippen LogP contribution in [0, 0.1) is 0 Å². The second kappa shape index (κ2) is 7.52. The summed E-state index contributed by atoms with van der Waals surface area (Å²) < 4.78 is 39.3. The van der Waals surface area contributed by atoms with Gasteiger partial charge in [-0.05, 0) is 24.6 Å². The van der Waals surface area contributed by atoms with Gasteiger partial charge in [-0.15, -0.1) is 0 Å². The number of nitrogens with one attached hydrogen (secondary N) is 1. The third-order valence-electron chi connectivity index (χ3n) is 3.14. The Morgan fingerprint density at radius 3 is 2.65 bits per heavy atom. The quantitative estimate of drug-likeness (QED) is 0.872. The molecule has 0 aromatic heterocycles. The van der Waals surface area contributed by atoms with Gasteiger partial charge in [0.15, 0.2) is 0 Å². The lowest BCUT2D eigenvalue weighted by molar-refractivity contribution is -0.0869. The van der Waals surface area contributed by atoms with Gasteiger partial charge < -0.3 is 19.5 Å². The molecule has 0 spiro atoms. The molecule has 4 nitrogen and oxygen atoms in total. The van der Waals surface area contributed by atoms with Gasteiger partial charge in [0.25, 0.3) is 0 Å². The van der Waals surface area contributed by atoms with E-state index in [0.29, 0.717) is 26.4 Å². The van der Waals surface area contributed by atoms with Crippen molar-refractivity contribution in [3.63, 3.8) is 0 Å². The fraction of sp³-hybridized carbons (Fsp3) is 0.571. The molecule has 1 N–H and O–H groups in total. The summed E-state index contributed by atoms with van der Waals surface area (Å²) in [6.45, 7) is 1.78. The van der Waals surface area contributed by atoms with E-state index in [2.05, 4.69) is 10.1 Å². The fourth-order valence-corrected chi connectivity index (χ4v) is 2.02. The maximum absolute atomic E-state index is 12.0. The maximum atomic E-state index is 12.0. The molecule has 1 aromatic carbocycles. The number of halogens is 2. The van der Waals surface area contributed by atoms with Crippen LogP contribution < -0.4 is 10.1 Å². The zero-order chi connectivity index (χ0) is 14.4. The van der Waals surface area contributed by atoms with Gasteiger partial charge >= 0.3 is 6.61 Å². The highest BCUT2D eigenvalue weighted by Crippen LogP contribution is 2.19. The van der Waals surface area contributed by atoms with Crippen LogP contribution in [-0.4, -0.2) is 39.1 Å². The molecule has 0 amide bonds. The average molecular weight is 287 g/mol. The summed E-state index contributed by atoms with van der Waals surface area (Å²) in [6.07, 6.45) is 0.0626. The number of hydrogen-bond acceptors (Lipinski definition) is 4. The Morgan fingerprint density at radius 1 is 1.30 bits per heavy atom. The smallest absolute Gasteiger partial charge is 0.387 e. The molecular weight excluding hydrogens is 268 g/mol. The Labute approximate surface area is 117 Å². The Balaban J connectivity index is 1.80. The molecule has 1 fully saturated rings. The SMILES string of the molecule is CC(NCC1COCCO1)c1ccc(OC(F)F)cc1. The van der Waals surface area contributed by atoms with Crippen molar-refractivity contribution >= 4 is 0 Å². The lowest BCUT2D eigenvalue weighted by Gasteiger charge is -2.25. The fourth-order valence-electron chi connectivity index (χ4n) is 2.02. The van der Waals surface area contributed by atoms with Crippen molar-refractivity contribution in [1.29, 1.82) is 0 Å². The first kappa shape index (κ1) is 15.2. The van der Waals surface area contributed by atoms with Crippen molar-refractivity contribution < 1.29 is 23.0 Å². The standard InChI is InChI=1S/C14H19F2NO3/c1-10(17-8-13-9-18-6-7-19-13)11-2-4-12(5-3-11)20-14(15)16/h2-5,10,13-14,17H,6-9H2,1H3. The summed E-state index contributed by atoms with van der Waals surface area (Å²) in [5.74, 6) is 0.167. The van der Waals surface area contributed by atoms with Gasteiger partial charge in [-0.2, -0.15) is 8.78 Å². The summed E-state index contributed by atoms with van der Waals surface area (Å²) in [7, 11) is 0. The van der Waals surface area contributed by atoms with Crippen LogP contribution in [0.4, 0.5) is 8.78 Å². The highest BCUT2D eigenvalue weighted by molar-refractivity contribution is 5.28. The molecule has 1 saturated heterocycles. The first-order valence-corrected chi connectivity index (χ1v) is 6.62. The van der Waals surface area contributed by atoms with E-state index >= 15 is 0 Å². The highest BCUT2D eigenvalue weighted by atomic mass is 19.3. The van der Waals surface area contributed by atoms with Gasteiger partial charge in [0, 0.05) is 12.6 Å². The van der Waals surface area contributed by atoms with E-state index in [9.17, 15) is 8.78 Å². The number of benzene rings is 1. The Morgan fingerprint density at radius 2 is 2.05 bits per heavy atom. The van der Waals surface area contributed by atoms with Gasteiger partial charge in [-0.3, -0.25) is 0 Å². The molecule has 112 valence electrons. The molecule has 0 saturated carbocycles. The Bertz CT molecular complexity index is 394. The van der Waals surface area contributed by atoms with Gasteiger partial charge in [0.2, 0.25) is 0 Å². The van der Waals surface area contributed by atoms with Crippen molar-refractivity contribution in [3.05, 3.63) is 29.8 Å². The van der Waals surface area contributed by atoms with E-state index in [4.69, 9.17) is 9.47 Å². The van der Waals surface area contributed by atoms with Gasteiger partial charge in [0.05, 0.1) is 25.9 Å². The first-order valence-electron chi connectivity index (χ1n) is 6.62. The molecule has 2 unspecified atom stereocenters. The third-order valence-corrected chi connectivity index (χ3v) is 3.14. The van der Waals surface area contributed by atoms with E-state index in [1.165, 1.54) is 0 Å². The van der Waals surface area contributed by atoms with Crippen LogP contribution >= 0.6 is 0 Å². The van der Waals surface area contributed by atoms with Crippen LogP contribution in [0.1, 0.15) is 18.5 Å². The largest absolute Gasteiger partial charge is 0.435 e. The van der Waals surface area contributed by atoms with Gasteiger partial charge in [-0.1, -0.05) is 12.1 Å². The van der Waals surface area contributed by atoms with E-state index in [1.807, 2.05) is 6.92 Å². The lowest BCUT2D eigenvalue weighted by Crippen LogP contribution is -2.38. The van der Waals surface area contributed by atoms with Gasteiger partial charge in [-0.25, -0.2) is 0 Å². The third kappa shape index (κ3) is 4.70. The van der Waals surface area contributed by atoms with Crippen LogP contribution in [0.15, 0.2) is 24.3 Å². The van der Waals surface area contributed by atoms with Gasteiger partial charge in [0.1, 0.15) is 5.75 Å². The average Bonchev–Trinajstić information content (AvgIpc) is 2.46. The summed E-state index contributed by atoms with van der Waals surface area (Å²) in [5.41, 5.74) is 1.00. The van der Waals surface area contributed by atoms with Crippen molar-refractivity contribution in [3.8, 4) is 5.75 Å². The van der Waals surface area contributed by atoms with E-state index in [1.54, 1.807) is 24.3 Å². The molecule has 1 aromatic rings. The monoisotopic (exact) mass is 287 g/mol. The summed E-state index contributed by atoms with van der Waals surface area (Å²) >= 11 is 0. The normalized spacial score (nSPS) is 20.9. The number of hydrogen-bond donors (Lipinski definition) is 1. The minimum atomic E-state index is -2.79. The molecule has 1 aliphatic heterocycles. The van der Waals surface area contributed by atoms with Crippen LogP contribution in [0.25, 0.3) is 0 Å². The Kier molecular flexibility index (Phi) is 5.70. The molecule has 2 atom stereocenters. The van der Waals surface area contributed by atoms with Crippen molar-refractivity contribution in [2.45, 2.75) is 25.7 Å². The van der Waals surface area contributed by atoms with Crippen LogP contribution in [-0.2, 0) is 9.47 Å². The zero-order valence-electron chi connectivity index (χ0n) is 11.4. The maximum Gasteiger partial charge on any atom is 0.387 e. The lowest BCUT2D eigenvalue weighted by atomic mass is 10.1. The van der Waals surface area contributed by atoms with E-state index in [0.717, 1.165) is 5.56 Å². The summed E-state index contributed by atoms with van der Waals surface area (Å²) in [5, 5.41) is 3.33. The van der Waals surface area contributed by atoms with Crippen LogP contribution in [0.3, 0.4) is 0 Å². The predicted octanol–water partition coefficient (Wildman–Crippen LogP) is 2.35. The topological polar surface area (TPSA) is 39.7 Å². The molecule has 1 aliphatic rings. The van der Waals surface area contributed by atoms with Crippen molar-refractivity contribution in [2.24, 2.45) is 0 Å². The predicted molar refractivity (Wildman–Crippen MR) is 70.1 cm³/mol. The molecule has 0 aliphatic carbocycles. The van der Waals surface area contributed by atoms with Crippen LogP contribution in [0.5, 0.6) is 5.75 Å². The minimum Gasteiger partial charge on any atom is -0.435 e. The summed E-state index contributed by atoms with van der Waals surface area (Å²) in [6, 6.07) is 6.72. The van der Waals surface area contributed by atoms with E-state index in [-0.39, 0.29) is 17.9 Å². The minimum absolute atomic E-state index is 0.0626. The van der Waals surface area contributed by atoms with Crippen LogP contribution in [0.2, 0.25) is 0 Å². The molecule has 20 heavy (non-hydrogen) atoms. The molecule has 2 rings (SSSR count). The molecule has 6 heteroatoms. The summed E-state index contributed by atoms with van der Waals surface area (Å²) in [4.78, 5) is 0. The van der Waals surface area contributed by atoms with Crippen molar-refractivity contribution in [1.82, 2.24) is 5.32 Å². The van der Waals surface area contributed by atoms with Crippen molar-refractivity contribution in [2.75, 3.05) is 26.4 Å². The molecule has 0 bridgehead atoms. The zero-order valence-corrected chi connectivity index (χ0v) is 11.4. The molecular formula is C14H19F2NO3. The highest BCUT2D eigenvalue weighted by Gasteiger charge is 2.15. The first-order chi connectivity index (χ1) is 9.65. The number of rotatable bonds is 6. The second-order valence-corrected chi connectivity index (χ2v) is 4.65. The Hall–Kier alpha value is -1.24. The second-order valence-electron chi connectivity index (χ2n) is 4.65. The molecule has 0 radical (unpaired) electrons. The van der Waals surface area contributed by atoms with E-state index < -0.39 is 6.61 Å². The number of alkyl halides is 2.